The Bertz CT molecular complexity index is 403. The lowest BCUT2D eigenvalue weighted by molar-refractivity contribution is 0.136. The molecule has 0 spiro atoms. The van der Waals surface area contributed by atoms with Gasteiger partial charge in [-0.2, -0.15) is 0 Å². The van der Waals surface area contributed by atoms with Gasteiger partial charge >= 0.3 is 6.03 Å². The zero-order valence-electron chi connectivity index (χ0n) is 10.7. The highest BCUT2D eigenvalue weighted by Gasteiger charge is 2.22. The summed E-state index contributed by atoms with van der Waals surface area (Å²) in [6, 6.07) is 7.68. The highest BCUT2D eigenvalue weighted by molar-refractivity contribution is 5.89. The molecule has 0 bridgehead atoms. The monoisotopic (exact) mass is 248 g/mol. The van der Waals surface area contributed by atoms with Crippen LogP contribution in [0.1, 0.15) is 18.4 Å². The molecule has 0 aromatic heterocycles. The van der Waals surface area contributed by atoms with E-state index in [2.05, 4.69) is 5.32 Å². The third-order valence-corrected chi connectivity index (χ3v) is 3.37. The average Bonchev–Trinajstić information content (AvgIpc) is 2.41. The van der Waals surface area contributed by atoms with Crippen LogP contribution in [0.25, 0.3) is 0 Å². The molecule has 2 amide bonds. The minimum atomic E-state index is -0.0722. The molecule has 2 N–H and O–H groups in total. The second-order valence-corrected chi connectivity index (χ2v) is 4.93. The van der Waals surface area contributed by atoms with Gasteiger partial charge in [0.25, 0.3) is 0 Å². The largest absolute Gasteiger partial charge is 0.396 e. The number of piperidine rings is 1. The Kier molecular flexibility index (Phi) is 4.20. The van der Waals surface area contributed by atoms with Crippen molar-refractivity contribution in [1.29, 1.82) is 0 Å². The van der Waals surface area contributed by atoms with Gasteiger partial charge in [0, 0.05) is 25.4 Å². The molecule has 1 fully saturated rings. The standard InChI is InChI=1S/C14H20N2O2/c1-11-4-6-13(7-5-11)15-14(18)16-8-2-3-12(9-16)10-17/h4-7,12,17H,2-3,8-10H2,1H3,(H,15,18)/t12-/m1/s1. The summed E-state index contributed by atoms with van der Waals surface area (Å²) in [7, 11) is 0. The van der Waals surface area contributed by atoms with Gasteiger partial charge in [-0.3, -0.25) is 0 Å². The maximum Gasteiger partial charge on any atom is 0.321 e. The number of urea groups is 1. The summed E-state index contributed by atoms with van der Waals surface area (Å²) in [5, 5.41) is 12.0. The van der Waals surface area contributed by atoms with E-state index in [-0.39, 0.29) is 18.6 Å². The lowest BCUT2D eigenvalue weighted by atomic mass is 9.99. The van der Waals surface area contributed by atoms with Crippen molar-refractivity contribution in [2.45, 2.75) is 19.8 Å². The predicted molar refractivity (Wildman–Crippen MR) is 71.6 cm³/mol. The summed E-state index contributed by atoms with van der Waals surface area (Å²) in [5.74, 6) is 0.225. The number of rotatable bonds is 2. The molecule has 0 aliphatic carbocycles. The normalized spacial score (nSPS) is 19.7. The van der Waals surface area contributed by atoms with Crippen LogP contribution in [0.3, 0.4) is 0 Å². The van der Waals surface area contributed by atoms with Crippen LogP contribution in [-0.4, -0.2) is 35.7 Å². The summed E-state index contributed by atoms with van der Waals surface area (Å²) in [6.45, 7) is 3.60. The Hall–Kier alpha value is -1.55. The lowest BCUT2D eigenvalue weighted by Crippen LogP contribution is -2.43. The Morgan fingerprint density at radius 3 is 2.83 bits per heavy atom. The Morgan fingerprint density at radius 2 is 2.17 bits per heavy atom. The van der Waals surface area contributed by atoms with Gasteiger partial charge in [0.1, 0.15) is 0 Å². The number of nitrogens with one attached hydrogen (secondary N) is 1. The van der Waals surface area contributed by atoms with Gasteiger partial charge < -0.3 is 15.3 Å². The summed E-state index contributed by atoms with van der Waals surface area (Å²) >= 11 is 0. The van der Waals surface area contributed by atoms with E-state index in [0.29, 0.717) is 6.54 Å². The lowest BCUT2D eigenvalue weighted by Gasteiger charge is -2.31. The van der Waals surface area contributed by atoms with Crippen molar-refractivity contribution in [2.75, 3.05) is 25.0 Å². The van der Waals surface area contributed by atoms with E-state index in [1.807, 2.05) is 31.2 Å². The van der Waals surface area contributed by atoms with E-state index >= 15 is 0 Å². The predicted octanol–water partition coefficient (Wildman–Crippen LogP) is 2.23. The molecule has 1 saturated heterocycles. The maximum atomic E-state index is 12.0. The SMILES string of the molecule is Cc1ccc(NC(=O)N2CCC[C@@H](CO)C2)cc1. The molecule has 4 nitrogen and oxygen atoms in total. The number of amides is 2. The number of hydrogen-bond acceptors (Lipinski definition) is 2. The number of carbonyl (C=O) groups is 1. The van der Waals surface area contributed by atoms with Crippen LogP contribution in [0.15, 0.2) is 24.3 Å². The first-order chi connectivity index (χ1) is 8.69. The Morgan fingerprint density at radius 1 is 1.44 bits per heavy atom. The van der Waals surface area contributed by atoms with Crippen molar-refractivity contribution in [1.82, 2.24) is 4.90 Å². The van der Waals surface area contributed by atoms with Crippen molar-refractivity contribution >= 4 is 11.7 Å². The van der Waals surface area contributed by atoms with Gasteiger partial charge in [-0.05, 0) is 37.8 Å². The minimum Gasteiger partial charge on any atom is -0.396 e. The third kappa shape index (κ3) is 3.23. The van der Waals surface area contributed by atoms with Crippen molar-refractivity contribution in [3.63, 3.8) is 0 Å². The number of nitrogens with zero attached hydrogens (tertiary/aromatic N) is 1. The molecule has 98 valence electrons. The van der Waals surface area contributed by atoms with Gasteiger partial charge in [-0.15, -0.1) is 0 Å². The molecule has 1 aliphatic rings. The molecule has 1 aromatic carbocycles. The number of aryl methyl sites for hydroxylation is 1. The van der Waals surface area contributed by atoms with Gasteiger partial charge in [-0.1, -0.05) is 17.7 Å². The maximum absolute atomic E-state index is 12.0. The zero-order valence-corrected chi connectivity index (χ0v) is 10.7. The molecular weight excluding hydrogens is 228 g/mol. The zero-order chi connectivity index (χ0) is 13.0. The summed E-state index contributed by atoms with van der Waals surface area (Å²) in [5.41, 5.74) is 1.99. The molecule has 2 rings (SSSR count). The van der Waals surface area contributed by atoms with Gasteiger partial charge in [0.2, 0.25) is 0 Å². The van der Waals surface area contributed by atoms with Crippen LogP contribution in [0.2, 0.25) is 0 Å². The Balaban J connectivity index is 1.93. The topological polar surface area (TPSA) is 52.6 Å². The molecule has 1 heterocycles. The van der Waals surface area contributed by atoms with E-state index in [1.54, 1.807) is 4.90 Å². The molecule has 1 aromatic rings. The first-order valence-corrected chi connectivity index (χ1v) is 6.42. The molecule has 0 radical (unpaired) electrons. The van der Waals surface area contributed by atoms with Gasteiger partial charge in [0.05, 0.1) is 0 Å². The first-order valence-electron chi connectivity index (χ1n) is 6.42. The van der Waals surface area contributed by atoms with Gasteiger partial charge in [0.15, 0.2) is 0 Å². The van der Waals surface area contributed by atoms with Crippen LogP contribution < -0.4 is 5.32 Å². The smallest absolute Gasteiger partial charge is 0.321 e. The van der Waals surface area contributed by atoms with Crippen LogP contribution in [0, 0.1) is 12.8 Å². The van der Waals surface area contributed by atoms with Crippen molar-refractivity contribution in [3.05, 3.63) is 29.8 Å². The first kappa shape index (κ1) is 12.9. The molecule has 4 heteroatoms. The van der Waals surface area contributed by atoms with Crippen molar-refractivity contribution in [2.24, 2.45) is 5.92 Å². The molecule has 1 atom stereocenters. The van der Waals surface area contributed by atoms with E-state index in [1.165, 1.54) is 5.56 Å². The highest BCUT2D eigenvalue weighted by Crippen LogP contribution is 2.17. The van der Waals surface area contributed by atoms with Crippen LogP contribution in [-0.2, 0) is 0 Å². The summed E-state index contributed by atoms with van der Waals surface area (Å²) < 4.78 is 0. The summed E-state index contributed by atoms with van der Waals surface area (Å²) in [4.78, 5) is 13.8. The van der Waals surface area contributed by atoms with Crippen LogP contribution in [0.4, 0.5) is 10.5 Å². The van der Waals surface area contributed by atoms with Crippen molar-refractivity contribution < 1.29 is 9.90 Å². The molecular formula is C14H20N2O2. The fraction of sp³-hybridized carbons (Fsp3) is 0.500. The molecule has 18 heavy (non-hydrogen) atoms. The van der Waals surface area contributed by atoms with E-state index in [4.69, 9.17) is 5.11 Å². The number of aliphatic hydroxyl groups excluding tert-OH is 1. The molecule has 0 unspecified atom stereocenters. The number of hydrogen-bond donors (Lipinski definition) is 2. The Labute approximate surface area is 108 Å². The number of likely N-dealkylation sites (tertiary alicyclic amines) is 1. The third-order valence-electron chi connectivity index (χ3n) is 3.37. The van der Waals surface area contributed by atoms with E-state index < -0.39 is 0 Å². The molecule has 1 aliphatic heterocycles. The number of anilines is 1. The minimum absolute atomic E-state index is 0.0722. The number of carbonyl (C=O) groups excluding carboxylic acids is 1. The van der Waals surface area contributed by atoms with Crippen molar-refractivity contribution in [3.8, 4) is 0 Å². The fourth-order valence-electron chi connectivity index (χ4n) is 2.24. The number of aliphatic hydroxyl groups is 1. The average molecular weight is 248 g/mol. The quantitative estimate of drug-likeness (QED) is 0.843. The second-order valence-electron chi connectivity index (χ2n) is 4.93. The molecule has 0 saturated carbocycles. The summed E-state index contributed by atoms with van der Waals surface area (Å²) in [6.07, 6.45) is 1.97. The van der Waals surface area contributed by atoms with E-state index in [9.17, 15) is 4.79 Å². The van der Waals surface area contributed by atoms with E-state index in [0.717, 1.165) is 25.1 Å². The highest BCUT2D eigenvalue weighted by atomic mass is 16.3. The number of benzene rings is 1. The van der Waals surface area contributed by atoms with Crippen LogP contribution >= 0.6 is 0 Å². The fourth-order valence-corrected chi connectivity index (χ4v) is 2.24. The second kappa shape index (κ2) is 5.87. The van der Waals surface area contributed by atoms with Crippen LogP contribution in [0.5, 0.6) is 0 Å². The van der Waals surface area contributed by atoms with Gasteiger partial charge in [-0.25, -0.2) is 4.79 Å².